The van der Waals surface area contributed by atoms with Gasteiger partial charge in [0.1, 0.15) is 16.4 Å². The van der Waals surface area contributed by atoms with Crippen LogP contribution in [0.3, 0.4) is 0 Å². The Morgan fingerprint density at radius 1 is 1.00 bits per heavy atom. The van der Waals surface area contributed by atoms with Gasteiger partial charge in [0, 0.05) is 24.0 Å². The third-order valence-electron chi connectivity index (χ3n) is 5.19. The number of hydrogen-bond acceptors (Lipinski definition) is 4. The summed E-state index contributed by atoms with van der Waals surface area (Å²) in [5.74, 6) is -1.87. The minimum Gasteiger partial charge on any atom is -0.252 e. The average Bonchev–Trinajstić information content (AvgIpc) is 3.19. The molecule has 0 atom stereocenters. The maximum absolute atomic E-state index is 14.6. The minimum absolute atomic E-state index is 0.328. The summed E-state index contributed by atoms with van der Waals surface area (Å²) >= 11 is 0. The molecule has 1 aromatic carbocycles. The Kier molecular flexibility index (Phi) is 5.75. The predicted octanol–water partition coefficient (Wildman–Crippen LogP) is 3.22. The summed E-state index contributed by atoms with van der Waals surface area (Å²) in [7, 11) is -9.99. The zero-order chi connectivity index (χ0) is 22.4. The van der Waals surface area contributed by atoms with Gasteiger partial charge in [-0.05, 0) is 56.0 Å². The van der Waals surface area contributed by atoms with Crippen LogP contribution in [0.1, 0.15) is 31.2 Å². The first-order valence-electron chi connectivity index (χ1n) is 8.72. The monoisotopic (exact) mass is 472 g/mol. The number of nitrogens with zero attached hydrogens (tertiary/aromatic N) is 1. The van der Waals surface area contributed by atoms with E-state index in [2.05, 4.69) is 0 Å². The SMILES string of the molecule is O=S(=O)(N[C@H]1CC[C@@](c2cc(F)ccc2F)(S(=O)(=O)n2cccc2)CC1)C(F)(F)F. The van der Waals surface area contributed by atoms with Crippen molar-refractivity contribution in [3.63, 3.8) is 0 Å². The number of halogens is 5. The maximum Gasteiger partial charge on any atom is 0.511 e. The summed E-state index contributed by atoms with van der Waals surface area (Å²) in [5.41, 5.74) is -5.97. The van der Waals surface area contributed by atoms with Crippen molar-refractivity contribution in [2.45, 2.75) is 42.0 Å². The fourth-order valence-corrected chi connectivity index (χ4v) is 6.54. The summed E-state index contributed by atoms with van der Waals surface area (Å²) < 4.78 is 116. The Labute approximate surface area is 169 Å². The third kappa shape index (κ3) is 3.85. The molecule has 1 aliphatic carbocycles. The third-order valence-corrected chi connectivity index (χ3v) is 8.85. The van der Waals surface area contributed by atoms with Crippen LogP contribution in [0.15, 0.2) is 42.7 Å². The van der Waals surface area contributed by atoms with Gasteiger partial charge >= 0.3 is 15.5 Å². The van der Waals surface area contributed by atoms with Crippen LogP contribution in [0, 0.1) is 11.6 Å². The van der Waals surface area contributed by atoms with E-state index in [4.69, 9.17) is 0 Å². The average molecular weight is 472 g/mol. The number of rotatable bonds is 5. The molecular formula is C17H17F5N2O4S2. The molecule has 166 valence electrons. The Hall–Kier alpha value is -1.99. The van der Waals surface area contributed by atoms with Crippen LogP contribution in [0.4, 0.5) is 22.0 Å². The summed E-state index contributed by atoms with van der Waals surface area (Å²) in [4.78, 5) is 0. The molecule has 2 aromatic rings. The maximum atomic E-state index is 14.6. The van der Waals surface area contributed by atoms with E-state index in [0.717, 1.165) is 22.2 Å². The number of alkyl halides is 3. The fraction of sp³-hybridized carbons (Fsp3) is 0.412. The van der Waals surface area contributed by atoms with Crippen LogP contribution < -0.4 is 4.72 Å². The van der Waals surface area contributed by atoms with Crippen LogP contribution in [-0.2, 0) is 24.8 Å². The van der Waals surface area contributed by atoms with Gasteiger partial charge in [0.05, 0.1) is 0 Å². The fourth-order valence-electron chi connectivity index (χ4n) is 3.68. The molecule has 1 aromatic heterocycles. The smallest absolute Gasteiger partial charge is 0.252 e. The molecule has 0 unspecified atom stereocenters. The molecule has 6 nitrogen and oxygen atoms in total. The van der Waals surface area contributed by atoms with Gasteiger partial charge in [-0.2, -0.15) is 13.2 Å². The van der Waals surface area contributed by atoms with E-state index in [1.54, 1.807) is 0 Å². The van der Waals surface area contributed by atoms with Gasteiger partial charge in [-0.15, -0.1) is 0 Å². The van der Waals surface area contributed by atoms with E-state index in [1.807, 2.05) is 0 Å². The van der Waals surface area contributed by atoms with Gasteiger partial charge in [-0.25, -0.2) is 30.3 Å². The highest BCUT2D eigenvalue weighted by atomic mass is 32.2. The summed E-state index contributed by atoms with van der Waals surface area (Å²) in [6, 6.07) is 3.96. The van der Waals surface area contributed by atoms with Crippen molar-refractivity contribution in [3.8, 4) is 0 Å². The zero-order valence-electron chi connectivity index (χ0n) is 15.2. The molecule has 1 aliphatic rings. The molecule has 0 radical (unpaired) electrons. The highest BCUT2D eigenvalue weighted by Gasteiger charge is 2.52. The Balaban J connectivity index is 2.02. The second-order valence-corrected chi connectivity index (χ2v) is 10.8. The quantitative estimate of drug-likeness (QED) is 0.678. The molecule has 1 heterocycles. The van der Waals surface area contributed by atoms with Crippen LogP contribution >= 0.6 is 0 Å². The van der Waals surface area contributed by atoms with E-state index < -0.39 is 66.4 Å². The lowest BCUT2D eigenvalue weighted by Crippen LogP contribution is -2.49. The first-order chi connectivity index (χ1) is 13.8. The second-order valence-electron chi connectivity index (χ2n) is 6.98. The number of sulfonamides is 1. The van der Waals surface area contributed by atoms with Crippen molar-refractivity contribution in [1.82, 2.24) is 8.69 Å². The first-order valence-corrected chi connectivity index (χ1v) is 11.6. The second kappa shape index (κ2) is 7.61. The molecule has 0 aliphatic heterocycles. The van der Waals surface area contributed by atoms with E-state index >= 15 is 0 Å². The predicted molar refractivity (Wildman–Crippen MR) is 97.2 cm³/mol. The molecule has 1 fully saturated rings. The van der Waals surface area contributed by atoms with Crippen molar-refractivity contribution < 1.29 is 38.8 Å². The molecule has 30 heavy (non-hydrogen) atoms. The largest absolute Gasteiger partial charge is 0.511 e. The lowest BCUT2D eigenvalue weighted by Gasteiger charge is -2.40. The van der Waals surface area contributed by atoms with Crippen molar-refractivity contribution in [2.75, 3.05) is 0 Å². The van der Waals surface area contributed by atoms with Gasteiger partial charge in [-0.3, -0.25) is 3.97 Å². The van der Waals surface area contributed by atoms with E-state index in [0.29, 0.717) is 0 Å². The van der Waals surface area contributed by atoms with Gasteiger partial charge in [0.25, 0.3) is 0 Å². The molecule has 0 saturated heterocycles. The molecule has 1 saturated carbocycles. The van der Waals surface area contributed by atoms with Crippen LogP contribution in [0.2, 0.25) is 0 Å². The lowest BCUT2D eigenvalue weighted by molar-refractivity contribution is -0.0452. The molecular weight excluding hydrogens is 455 g/mol. The van der Waals surface area contributed by atoms with Gasteiger partial charge < -0.3 is 0 Å². The van der Waals surface area contributed by atoms with E-state index in [9.17, 15) is 38.8 Å². The van der Waals surface area contributed by atoms with E-state index in [-0.39, 0.29) is 12.8 Å². The van der Waals surface area contributed by atoms with Gasteiger partial charge in [0.15, 0.2) is 0 Å². The minimum atomic E-state index is -5.63. The molecule has 0 amide bonds. The van der Waals surface area contributed by atoms with E-state index in [1.165, 1.54) is 29.2 Å². The van der Waals surface area contributed by atoms with Crippen LogP contribution in [-0.4, -0.2) is 32.4 Å². The molecule has 1 N–H and O–H groups in total. The van der Waals surface area contributed by atoms with Crippen molar-refractivity contribution in [3.05, 3.63) is 59.9 Å². The highest BCUT2D eigenvalue weighted by molar-refractivity contribution is 7.91. The standard InChI is InChI=1S/C17H17F5N2O4S2/c18-12-3-4-15(19)14(11-12)16(30(27,28)24-9-1-2-10-24)7-5-13(6-8-16)23-29(25,26)17(20,21)22/h1-4,9-11,13,23H,5-8H2/t13-,16+. The topological polar surface area (TPSA) is 85.2 Å². The van der Waals surface area contributed by atoms with Gasteiger partial charge in [-0.1, -0.05) is 0 Å². The van der Waals surface area contributed by atoms with Gasteiger partial charge in [0.2, 0.25) is 10.0 Å². The first kappa shape index (κ1) is 22.7. The van der Waals surface area contributed by atoms with Crippen molar-refractivity contribution in [1.29, 1.82) is 0 Å². The molecule has 3 rings (SSSR count). The molecule has 13 heteroatoms. The summed E-state index contributed by atoms with van der Waals surface area (Å²) in [6.07, 6.45) is 0.912. The summed E-state index contributed by atoms with van der Waals surface area (Å²) in [6.45, 7) is 0. The number of benzene rings is 1. The normalized spacial score (nSPS) is 23.4. The highest BCUT2D eigenvalue weighted by Crippen LogP contribution is 2.46. The molecule has 0 bridgehead atoms. The van der Waals surface area contributed by atoms with Crippen molar-refractivity contribution >= 4 is 20.0 Å². The number of nitrogens with one attached hydrogen (secondary N) is 1. The van der Waals surface area contributed by atoms with Crippen LogP contribution in [0.25, 0.3) is 0 Å². The Morgan fingerprint density at radius 2 is 1.57 bits per heavy atom. The number of hydrogen-bond donors (Lipinski definition) is 1. The zero-order valence-corrected chi connectivity index (χ0v) is 16.9. The number of aromatic nitrogens is 1. The van der Waals surface area contributed by atoms with Crippen molar-refractivity contribution in [2.24, 2.45) is 0 Å². The Morgan fingerprint density at radius 3 is 2.10 bits per heavy atom. The lowest BCUT2D eigenvalue weighted by atomic mass is 9.81. The Bertz CT molecular complexity index is 1120. The summed E-state index contributed by atoms with van der Waals surface area (Å²) in [5, 5.41) is 0. The van der Waals surface area contributed by atoms with Crippen LogP contribution in [0.5, 0.6) is 0 Å². The molecule has 0 spiro atoms.